The van der Waals surface area contributed by atoms with Crippen LogP contribution in [0.2, 0.25) is 5.02 Å². The van der Waals surface area contributed by atoms with E-state index in [2.05, 4.69) is 17.9 Å². The summed E-state index contributed by atoms with van der Waals surface area (Å²) in [4.78, 5) is 56.2. The molecule has 15 heteroatoms. The van der Waals surface area contributed by atoms with Gasteiger partial charge in [-0.05, 0) is 56.6 Å². The number of likely N-dealkylation sites (N-methyl/N-ethyl adjacent to an activating group) is 1. The average Bonchev–Trinajstić information content (AvgIpc) is 3.79. The lowest BCUT2D eigenvalue weighted by atomic mass is 9.83. The highest BCUT2D eigenvalue weighted by Crippen LogP contribution is 2.49. The maximum absolute atomic E-state index is 14.1. The summed E-state index contributed by atoms with van der Waals surface area (Å²) in [7, 11) is 6.02. The molecule has 2 fully saturated rings. The molecule has 3 aliphatic heterocycles. The molecule has 9 atom stereocenters. The molecule has 1 aromatic carbocycles. The molecule has 0 radical (unpaired) electrons. The van der Waals surface area contributed by atoms with E-state index in [0.717, 1.165) is 11.1 Å². The van der Waals surface area contributed by atoms with Gasteiger partial charge in [0.15, 0.2) is 5.72 Å². The molecule has 3 heterocycles. The van der Waals surface area contributed by atoms with Crippen LogP contribution in [0.4, 0.5) is 10.5 Å². The molecular weight excluding hydrogens is 714 g/mol. The van der Waals surface area contributed by atoms with Gasteiger partial charge in [0.2, 0.25) is 11.8 Å². The van der Waals surface area contributed by atoms with Crippen LogP contribution in [0.5, 0.6) is 5.75 Å². The fourth-order valence-electron chi connectivity index (χ4n) is 6.73. The molecule has 0 aliphatic carbocycles. The fourth-order valence-corrected chi connectivity index (χ4v) is 7.17. The molecule has 2 unspecified atom stereocenters. The topological polar surface area (TPSA) is 156 Å². The molecule has 4 bridgehead atoms. The van der Waals surface area contributed by atoms with Crippen molar-refractivity contribution in [3.63, 3.8) is 0 Å². The number of epoxide rings is 1. The molecule has 288 valence electrons. The Hall–Kier alpha value is -3.30. The van der Waals surface area contributed by atoms with E-state index in [1.165, 1.54) is 31.1 Å². The van der Waals surface area contributed by atoms with E-state index in [9.17, 15) is 24.3 Å². The normalized spacial score (nSPS) is 32.2. The Kier molecular flexibility index (Phi) is 13.4. The number of amides is 3. The lowest BCUT2D eigenvalue weighted by molar-refractivity contribution is -0.162. The first-order chi connectivity index (χ1) is 24.3. The van der Waals surface area contributed by atoms with Gasteiger partial charge in [0.25, 0.3) is 0 Å². The first-order valence-corrected chi connectivity index (χ1v) is 18.3. The number of ether oxygens (including phenoxy) is 5. The van der Waals surface area contributed by atoms with Gasteiger partial charge in [-0.25, -0.2) is 9.59 Å². The van der Waals surface area contributed by atoms with Crippen molar-refractivity contribution >= 4 is 53.8 Å². The Morgan fingerprint density at radius 3 is 2.58 bits per heavy atom. The predicted octanol–water partition coefficient (Wildman–Crippen LogP) is 4.61. The molecule has 4 rings (SSSR count). The van der Waals surface area contributed by atoms with Crippen LogP contribution < -0.4 is 15.0 Å². The Morgan fingerprint density at radius 1 is 1.25 bits per heavy atom. The van der Waals surface area contributed by atoms with Crippen LogP contribution in [-0.4, -0.2) is 109 Å². The number of methoxy groups -OCH3 is 2. The number of benzene rings is 1. The quantitative estimate of drug-likeness (QED) is 0.194. The third-order valence-electron chi connectivity index (χ3n) is 10.3. The Balaban J connectivity index is 1.75. The van der Waals surface area contributed by atoms with Gasteiger partial charge >= 0.3 is 12.1 Å². The molecule has 13 nitrogen and oxygen atoms in total. The van der Waals surface area contributed by atoms with Crippen molar-refractivity contribution in [2.45, 2.75) is 114 Å². The number of fused-ring (bicyclic) bond motifs is 5. The maximum Gasteiger partial charge on any atom is 0.409 e. The number of alkyl carbamates (subject to hydrolysis) is 1. The molecule has 1 aromatic rings. The van der Waals surface area contributed by atoms with Crippen molar-refractivity contribution in [3.05, 3.63) is 46.5 Å². The second-order valence-corrected chi connectivity index (χ2v) is 15.6. The SMILES string of the molecule is COc1cc2cc(c1Cl)N(C)C(=O)C[C@H](OC(=O)[C@H](C)N(C)C(=O)CCC(C)S)[C@@]1(C)O[C@@H]1[C@H](C)C1C[C@@](O)(NC(=O)O1)[C@H](OC)/C=C/C=C(\C)C2. The summed E-state index contributed by atoms with van der Waals surface area (Å²) >= 11 is 11.1. The van der Waals surface area contributed by atoms with E-state index in [0.29, 0.717) is 24.3 Å². The highest BCUT2D eigenvalue weighted by atomic mass is 35.5. The molecule has 2 saturated heterocycles. The molecule has 3 aliphatic rings. The van der Waals surface area contributed by atoms with Gasteiger partial charge in [0, 0.05) is 40.0 Å². The minimum Gasteiger partial charge on any atom is -0.495 e. The summed E-state index contributed by atoms with van der Waals surface area (Å²) < 4.78 is 29.2. The van der Waals surface area contributed by atoms with Gasteiger partial charge in [-0.15, -0.1) is 0 Å². The highest BCUT2D eigenvalue weighted by Gasteiger charge is 2.64. The molecular formula is C37H52ClN3O10S. The third-order valence-corrected chi connectivity index (χ3v) is 10.9. The predicted molar refractivity (Wildman–Crippen MR) is 199 cm³/mol. The summed E-state index contributed by atoms with van der Waals surface area (Å²) in [5.74, 6) is -1.56. The Bertz CT molecular complexity index is 1590. The number of thiol groups is 1. The third kappa shape index (κ3) is 9.25. The number of halogens is 1. The zero-order valence-electron chi connectivity index (χ0n) is 31.3. The smallest absolute Gasteiger partial charge is 0.409 e. The van der Waals surface area contributed by atoms with Crippen molar-refractivity contribution < 1.29 is 48.0 Å². The number of nitrogens with zero attached hydrogens (tertiary/aromatic N) is 2. The Labute approximate surface area is 316 Å². The number of hydrogen-bond donors (Lipinski definition) is 3. The molecule has 0 spiro atoms. The van der Waals surface area contributed by atoms with Crippen LogP contribution in [0.15, 0.2) is 35.9 Å². The minimum absolute atomic E-state index is 0.00636. The average molecular weight is 766 g/mol. The van der Waals surface area contributed by atoms with Gasteiger partial charge in [0.1, 0.15) is 40.7 Å². The van der Waals surface area contributed by atoms with Crippen molar-refractivity contribution in [1.29, 1.82) is 0 Å². The van der Waals surface area contributed by atoms with E-state index in [-0.39, 0.29) is 35.4 Å². The van der Waals surface area contributed by atoms with Crippen molar-refractivity contribution in [1.82, 2.24) is 10.2 Å². The van der Waals surface area contributed by atoms with Crippen LogP contribution in [-0.2, 0) is 39.8 Å². The van der Waals surface area contributed by atoms with E-state index in [1.54, 1.807) is 52.1 Å². The highest BCUT2D eigenvalue weighted by molar-refractivity contribution is 7.80. The molecule has 0 aromatic heterocycles. The first kappa shape index (κ1) is 41.5. The van der Waals surface area contributed by atoms with Gasteiger partial charge in [-0.3, -0.25) is 14.9 Å². The van der Waals surface area contributed by atoms with E-state index in [1.807, 2.05) is 19.9 Å². The number of nitrogens with one attached hydrogen (secondary N) is 1. The van der Waals surface area contributed by atoms with Gasteiger partial charge in [-0.2, -0.15) is 12.6 Å². The number of hydrogen-bond acceptors (Lipinski definition) is 11. The molecule has 52 heavy (non-hydrogen) atoms. The summed E-state index contributed by atoms with van der Waals surface area (Å²) in [6.07, 6.45) is 1.69. The first-order valence-electron chi connectivity index (χ1n) is 17.4. The largest absolute Gasteiger partial charge is 0.495 e. The summed E-state index contributed by atoms with van der Waals surface area (Å²) in [6.45, 7) is 8.88. The molecule has 0 saturated carbocycles. The lowest BCUT2D eigenvalue weighted by Gasteiger charge is -2.42. The number of carbonyl (C=O) groups is 4. The van der Waals surface area contributed by atoms with E-state index >= 15 is 0 Å². The molecule has 3 amide bonds. The monoisotopic (exact) mass is 765 g/mol. The van der Waals surface area contributed by atoms with E-state index < -0.39 is 65.7 Å². The zero-order valence-corrected chi connectivity index (χ0v) is 33.0. The summed E-state index contributed by atoms with van der Waals surface area (Å²) in [5.41, 5.74) is -0.906. The minimum atomic E-state index is -1.82. The van der Waals surface area contributed by atoms with Crippen LogP contribution in [0, 0.1) is 5.92 Å². The van der Waals surface area contributed by atoms with Gasteiger partial charge in [0.05, 0.1) is 25.3 Å². The Morgan fingerprint density at radius 2 is 1.94 bits per heavy atom. The fraction of sp³-hybridized carbons (Fsp3) is 0.622. The number of allylic oxidation sites excluding steroid dienone is 3. The van der Waals surface area contributed by atoms with Gasteiger partial charge in [-0.1, -0.05) is 49.2 Å². The number of aliphatic hydroxyl groups is 1. The second kappa shape index (κ2) is 16.8. The van der Waals surface area contributed by atoms with Crippen molar-refractivity contribution in [2.24, 2.45) is 5.92 Å². The standard InChI is InChI=1S/C37H52ClN3O10S/c1-20-11-10-12-28(48-9)37(46)19-27(49-35(45)39-37)22(3)33-36(5,51-33)29(50-34(44)23(4)40(6)30(42)14-13-21(2)52)18-31(43)41(7)25-16-24(15-20)17-26(47-8)32(25)38/h10-12,16-17,21-23,27-29,33,46,52H,13-15,18-19H2,1-9H3,(H,39,45)/b12-10+,20-11+/t21?,22-,23+,27?,28-,29+,33-,36-,37+/m1/s1. The number of rotatable bonds is 8. The van der Waals surface area contributed by atoms with Crippen LogP contribution in [0.3, 0.4) is 0 Å². The molecule has 2 N–H and O–H groups in total. The maximum atomic E-state index is 14.1. The van der Waals surface area contributed by atoms with Gasteiger partial charge < -0.3 is 38.6 Å². The van der Waals surface area contributed by atoms with E-state index in [4.69, 9.17) is 35.3 Å². The summed E-state index contributed by atoms with van der Waals surface area (Å²) in [6, 6.07) is 2.61. The number of anilines is 1. The lowest BCUT2D eigenvalue weighted by Crippen LogP contribution is -2.63. The van der Waals surface area contributed by atoms with Crippen LogP contribution in [0.1, 0.15) is 65.9 Å². The van der Waals surface area contributed by atoms with Crippen LogP contribution in [0.25, 0.3) is 0 Å². The van der Waals surface area contributed by atoms with Crippen LogP contribution >= 0.6 is 24.2 Å². The zero-order chi connectivity index (χ0) is 38.7. The summed E-state index contributed by atoms with van der Waals surface area (Å²) in [5, 5.41) is 14.5. The number of carbonyl (C=O) groups excluding carboxylic acids is 4. The number of esters is 1. The van der Waals surface area contributed by atoms with Crippen molar-refractivity contribution in [2.75, 3.05) is 33.2 Å². The second-order valence-electron chi connectivity index (χ2n) is 14.3. The van der Waals surface area contributed by atoms with Crippen molar-refractivity contribution in [3.8, 4) is 5.75 Å².